The highest BCUT2D eigenvalue weighted by atomic mass is 16.5. The zero-order chi connectivity index (χ0) is 8.97. The van der Waals surface area contributed by atoms with Gasteiger partial charge in [0, 0.05) is 12.6 Å². The average molecular weight is 169 g/mol. The number of hydrogen-bond acceptors (Lipinski definition) is 3. The van der Waals surface area contributed by atoms with Crippen LogP contribution in [0.1, 0.15) is 32.6 Å². The minimum Gasteiger partial charge on any atom is -0.374 e. The third-order valence-corrected chi connectivity index (χ3v) is 1.64. The van der Waals surface area contributed by atoms with E-state index in [1.54, 1.807) is 6.33 Å². The van der Waals surface area contributed by atoms with Crippen LogP contribution in [0.5, 0.6) is 0 Å². The van der Waals surface area contributed by atoms with Gasteiger partial charge in [-0.1, -0.05) is 0 Å². The Morgan fingerprint density at radius 1 is 1.58 bits per heavy atom. The van der Waals surface area contributed by atoms with Crippen molar-refractivity contribution < 1.29 is 4.74 Å². The van der Waals surface area contributed by atoms with Crippen molar-refractivity contribution in [2.45, 2.75) is 33.4 Å². The largest absolute Gasteiger partial charge is 0.374 e. The first-order valence-electron chi connectivity index (χ1n) is 4.21. The van der Waals surface area contributed by atoms with Crippen LogP contribution in [0.3, 0.4) is 0 Å². The number of hydrogen-bond donors (Lipinski definition) is 0. The summed E-state index contributed by atoms with van der Waals surface area (Å²) in [6.07, 6.45) is 1.74. The molecule has 12 heavy (non-hydrogen) atoms. The van der Waals surface area contributed by atoms with E-state index in [1.807, 2.05) is 11.5 Å². The maximum Gasteiger partial charge on any atom is 0.159 e. The van der Waals surface area contributed by atoms with Crippen molar-refractivity contribution in [3.8, 4) is 0 Å². The summed E-state index contributed by atoms with van der Waals surface area (Å²) >= 11 is 0. The van der Waals surface area contributed by atoms with Gasteiger partial charge in [0.15, 0.2) is 5.82 Å². The van der Waals surface area contributed by atoms with Crippen LogP contribution in [-0.2, 0) is 11.3 Å². The van der Waals surface area contributed by atoms with Gasteiger partial charge in [0.25, 0.3) is 0 Å². The van der Waals surface area contributed by atoms with Crippen LogP contribution in [0.15, 0.2) is 6.33 Å². The maximum atomic E-state index is 5.25. The molecule has 0 aromatic carbocycles. The van der Waals surface area contributed by atoms with Gasteiger partial charge >= 0.3 is 0 Å². The van der Waals surface area contributed by atoms with Gasteiger partial charge in [-0.2, -0.15) is 0 Å². The third kappa shape index (κ3) is 2.04. The smallest absolute Gasteiger partial charge is 0.159 e. The molecule has 0 radical (unpaired) electrons. The van der Waals surface area contributed by atoms with E-state index in [2.05, 4.69) is 24.0 Å². The highest BCUT2D eigenvalue weighted by Crippen LogP contribution is 2.06. The van der Waals surface area contributed by atoms with Crippen molar-refractivity contribution in [3.63, 3.8) is 0 Å². The van der Waals surface area contributed by atoms with Gasteiger partial charge in [-0.25, -0.2) is 0 Å². The molecule has 0 aliphatic heterocycles. The Morgan fingerprint density at radius 2 is 2.33 bits per heavy atom. The van der Waals surface area contributed by atoms with Gasteiger partial charge in [0.05, 0.1) is 0 Å². The average Bonchev–Trinajstić information content (AvgIpc) is 2.48. The topological polar surface area (TPSA) is 39.9 Å². The molecular formula is C8H15N3O. The molecule has 0 saturated heterocycles. The lowest BCUT2D eigenvalue weighted by Gasteiger charge is -2.09. The molecule has 0 unspecified atom stereocenters. The number of ether oxygens (including phenoxy) is 1. The summed E-state index contributed by atoms with van der Waals surface area (Å²) in [6.45, 7) is 7.42. The highest BCUT2D eigenvalue weighted by molar-refractivity contribution is 4.85. The normalized spacial score (nSPS) is 11.0. The van der Waals surface area contributed by atoms with Gasteiger partial charge in [0.2, 0.25) is 0 Å². The molecule has 1 heterocycles. The number of nitrogens with zero attached hydrogens (tertiary/aromatic N) is 3. The molecule has 1 aromatic heterocycles. The molecule has 0 aliphatic rings. The molecule has 1 rings (SSSR count). The lowest BCUT2D eigenvalue weighted by Crippen LogP contribution is -2.06. The number of rotatable bonds is 4. The van der Waals surface area contributed by atoms with Crippen molar-refractivity contribution in [3.05, 3.63) is 12.2 Å². The molecule has 0 fully saturated rings. The molecule has 4 heteroatoms. The summed E-state index contributed by atoms with van der Waals surface area (Å²) in [7, 11) is 0. The van der Waals surface area contributed by atoms with Crippen molar-refractivity contribution in [2.24, 2.45) is 0 Å². The molecule has 0 N–H and O–H groups in total. The minimum absolute atomic E-state index is 0.399. The fourth-order valence-electron chi connectivity index (χ4n) is 0.995. The standard InChI is InChI=1S/C8H15N3O/c1-4-12-5-8-10-9-6-11(8)7(2)3/h6-7H,4-5H2,1-3H3. The van der Waals surface area contributed by atoms with Crippen LogP contribution in [0.25, 0.3) is 0 Å². The van der Waals surface area contributed by atoms with Crippen LogP contribution >= 0.6 is 0 Å². The monoisotopic (exact) mass is 169 g/mol. The van der Waals surface area contributed by atoms with E-state index in [9.17, 15) is 0 Å². The Kier molecular flexibility index (Phi) is 3.22. The molecule has 0 atom stereocenters. The predicted molar refractivity (Wildman–Crippen MR) is 45.7 cm³/mol. The van der Waals surface area contributed by atoms with Crippen LogP contribution in [0, 0.1) is 0 Å². The fraction of sp³-hybridized carbons (Fsp3) is 0.750. The second-order valence-corrected chi connectivity index (χ2v) is 2.89. The first-order chi connectivity index (χ1) is 5.75. The fourth-order valence-corrected chi connectivity index (χ4v) is 0.995. The van der Waals surface area contributed by atoms with E-state index in [1.165, 1.54) is 0 Å². The van der Waals surface area contributed by atoms with Crippen LogP contribution in [0.4, 0.5) is 0 Å². The third-order valence-electron chi connectivity index (χ3n) is 1.64. The molecule has 1 aromatic rings. The number of aromatic nitrogens is 3. The van der Waals surface area contributed by atoms with Crippen molar-refractivity contribution in [2.75, 3.05) is 6.61 Å². The minimum atomic E-state index is 0.399. The van der Waals surface area contributed by atoms with Crippen molar-refractivity contribution in [1.82, 2.24) is 14.8 Å². The highest BCUT2D eigenvalue weighted by Gasteiger charge is 2.05. The molecule has 0 amide bonds. The molecule has 0 saturated carbocycles. The quantitative estimate of drug-likeness (QED) is 0.684. The molecular weight excluding hydrogens is 154 g/mol. The Balaban J connectivity index is 2.64. The summed E-state index contributed by atoms with van der Waals surface area (Å²) in [5.41, 5.74) is 0. The molecule has 0 aliphatic carbocycles. The van der Waals surface area contributed by atoms with Gasteiger partial charge in [0.1, 0.15) is 12.9 Å². The summed E-state index contributed by atoms with van der Waals surface area (Å²) in [6, 6.07) is 0.399. The Morgan fingerprint density at radius 3 is 2.92 bits per heavy atom. The van der Waals surface area contributed by atoms with Crippen LogP contribution < -0.4 is 0 Å². The Bertz CT molecular complexity index is 232. The molecule has 0 spiro atoms. The van der Waals surface area contributed by atoms with Gasteiger partial charge in [-0.05, 0) is 20.8 Å². The lowest BCUT2D eigenvalue weighted by atomic mass is 10.4. The second kappa shape index (κ2) is 4.21. The Hall–Kier alpha value is -0.900. The lowest BCUT2D eigenvalue weighted by molar-refractivity contribution is 0.124. The first-order valence-corrected chi connectivity index (χ1v) is 4.21. The summed E-state index contributed by atoms with van der Waals surface area (Å²) in [4.78, 5) is 0. The van der Waals surface area contributed by atoms with Crippen molar-refractivity contribution >= 4 is 0 Å². The summed E-state index contributed by atoms with van der Waals surface area (Å²) in [5.74, 6) is 0.895. The predicted octanol–water partition coefficient (Wildman–Crippen LogP) is 1.40. The first kappa shape index (κ1) is 9.19. The van der Waals surface area contributed by atoms with Gasteiger partial charge in [-0.3, -0.25) is 0 Å². The zero-order valence-electron chi connectivity index (χ0n) is 7.82. The van der Waals surface area contributed by atoms with Crippen LogP contribution in [0.2, 0.25) is 0 Å². The molecule has 0 bridgehead atoms. The van der Waals surface area contributed by atoms with E-state index >= 15 is 0 Å². The zero-order valence-corrected chi connectivity index (χ0v) is 7.82. The van der Waals surface area contributed by atoms with E-state index < -0.39 is 0 Å². The molecule has 4 nitrogen and oxygen atoms in total. The van der Waals surface area contributed by atoms with Crippen molar-refractivity contribution in [1.29, 1.82) is 0 Å². The maximum absolute atomic E-state index is 5.25. The Labute approximate surface area is 72.6 Å². The van der Waals surface area contributed by atoms with Gasteiger partial charge in [-0.15, -0.1) is 10.2 Å². The summed E-state index contributed by atoms with van der Waals surface area (Å²) in [5, 5.41) is 7.79. The van der Waals surface area contributed by atoms with Crippen LogP contribution in [-0.4, -0.2) is 21.4 Å². The van der Waals surface area contributed by atoms with E-state index in [0.29, 0.717) is 19.3 Å². The van der Waals surface area contributed by atoms with E-state index in [0.717, 1.165) is 5.82 Å². The van der Waals surface area contributed by atoms with E-state index in [-0.39, 0.29) is 0 Å². The SMILES string of the molecule is CCOCc1nncn1C(C)C. The second-order valence-electron chi connectivity index (χ2n) is 2.89. The van der Waals surface area contributed by atoms with E-state index in [4.69, 9.17) is 4.74 Å². The van der Waals surface area contributed by atoms with Gasteiger partial charge < -0.3 is 9.30 Å². The molecule has 68 valence electrons. The summed E-state index contributed by atoms with van der Waals surface area (Å²) < 4.78 is 7.25.